The summed E-state index contributed by atoms with van der Waals surface area (Å²) in [6.07, 6.45) is 3.32. The fourth-order valence-electron chi connectivity index (χ4n) is 2.71. The monoisotopic (exact) mass is 253 g/mol. The lowest BCUT2D eigenvalue weighted by atomic mass is 10.1. The van der Waals surface area contributed by atoms with E-state index in [1.54, 1.807) is 0 Å². The van der Waals surface area contributed by atoms with Gasteiger partial charge >= 0.3 is 0 Å². The van der Waals surface area contributed by atoms with E-state index in [4.69, 9.17) is 10.5 Å². The number of benzene rings is 2. The standard InChI is InChI=1S/C17H19NO/c18-12-11-13-5-8-15(9-6-13)19-17-10-7-14-3-1-2-4-16(14)17/h1-6,8-9,17H,7,10-12,18H2. The largest absolute Gasteiger partial charge is 0.486 e. The Morgan fingerprint density at radius 3 is 2.63 bits per heavy atom. The summed E-state index contributed by atoms with van der Waals surface area (Å²) in [7, 11) is 0. The molecule has 2 aromatic carbocycles. The maximum Gasteiger partial charge on any atom is 0.124 e. The summed E-state index contributed by atoms with van der Waals surface area (Å²) in [5, 5.41) is 0. The predicted octanol–water partition coefficient (Wildman–Crippen LogP) is 3.25. The molecule has 0 radical (unpaired) electrons. The van der Waals surface area contributed by atoms with Crippen LogP contribution in [0.1, 0.15) is 29.2 Å². The zero-order valence-electron chi connectivity index (χ0n) is 11.0. The van der Waals surface area contributed by atoms with Crippen LogP contribution in [0.2, 0.25) is 0 Å². The van der Waals surface area contributed by atoms with E-state index in [1.807, 2.05) is 12.1 Å². The zero-order chi connectivity index (χ0) is 13.1. The zero-order valence-corrected chi connectivity index (χ0v) is 11.0. The van der Waals surface area contributed by atoms with Gasteiger partial charge in [0.2, 0.25) is 0 Å². The van der Waals surface area contributed by atoms with Gasteiger partial charge in [0.25, 0.3) is 0 Å². The van der Waals surface area contributed by atoms with Crippen LogP contribution < -0.4 is 10.5 Å². The van der Waals surface area contributed by atoms with Crippen molar-refractivity contribution in [2.24, 2.45) is 5.73 Å². The molecule has 1 unspecified atom stereocenters. The highest BCUT2D eigenvalue weighted by molar-refractivity contribution is 5.35. The highest BCUT2D eigenvalue weighted by Crippen LogP contribution is 2.34. The van der Waals surface area contributed by atoms with Gasteiger partial charge in [-0.05, 0) is 54.6 Å². The lowest BCUT2D eigenvalue weighted by molar-refractivity contribution is 0.207. The van der Waals surface area contributed by atoms with E-state index in [1.165, 1.54) is 16.7 Å². The first kappa shape index (κ1) is 12.2. The lowest BCUT2D eigenvalue weighted by Crippen LogP contribution is -2.04. The van der Waals surface area contributed by atoms with Crippen molar-refractivity contribution in [1.82, 2.24) is 0 Å². The Bertz CT molecular complexity index is 547. The first-order valence-electron chi connectivity index (χ1n) is 6.90. The van der Waals surface area contributed by atoms with Crippen LogP contribution in [0.3, 0.4) is 0 Å². The maximum absolute atomic E-state index is 6.10. The smallest absolute Gasteiger partial charge is 0.124 e. The van der Waals surface area contributed by atoms with Crippen molar-refractivity contribution in [2.45, 2.75) is 25.4 Å². The quantitative estimate of drug-likeness (QED) is 0.907. The molecule has 0 saturated heterocycles. The third-order valence-electron chi connectivity index (χ3n) is 3.71. The summed E-state index contributed by atoms with van der Waals surface area (Å²) in [5.74, 6) is 0.947. The van der Waals surface area contributed by atoms with Gasteiger partial charge in [-0.1, -0.05) is 36.4 Å². The second kappa shape index (κ2) is 5.45. The highest BCUT2D eigenvalue weighted by atomic mass is 16.5. The molecule has 2 nitrogen and oxygen atoms in total. The molecule has 0 aromatic heterocycles. The molecule has 0 spiro atoms. The summed E-state index contributed by atoms with van der Waals surface area (Å²) in [4.78, 5) is 0. The van der Waals surface area contributed by atoms with Crippen molar-refractivity contribution in [1.29, 1.82) is 0 Å². The van der Waals surface area contributed by atoms with Crippen LogP contribution in [0.4, 0.5) is 0 Å². The molecule has 3 rings (SSSR count). The molecule has 0 saturated carbocycles. The minimum Gasteiger partial charge on any atom is -0.486 e. The fourth-order valence-corrected chi connectivity index (χ4v) is 2.71. The Hall–Kier alpha value is -1.80. The van der Waals surface area contributed by atoms with Gasteiger partial charge in [0.15, 0.2) is 0 Å². The number of rotatable bonds is 4. The minimum absolute atomic E-state index is 0.205. The van der Waals surface area contributed by atoms with E-state index < -0.39 is 0 Å². The van der Waals surface area contributed by atoms with Gasteiger partial charge in [-0.25, -0.2) is 0 Å². The van der Waals surface area contributed by atoms with E-state index in [9.17, 15) is 0 Å². The van der Waals surface area contributed by atoms with Gasteiger partial charge < -0.3 is 10.5 Å². The van der Waals surface area contributed by atoms with Crippen molar-refractivity contribution in [2.75, 3.05) is 6.54 Å². The Balaban J connectivity index is 1.72. The second-order valence-corrected chi connectivity index (χ2v) is 5.03. The molecule has 1 aliphatic carbocycles. The molecule has 2 aromatic rings. The van der Waals surface area contributed by atoms with Gasteiger partial charge in [0, 0.05) is 0 Å². The van der Waals surface area contributed by atoms with Crippen molar-refractivity contribution in [3.8, 4) is 5.75 Å². The molecule has 1 atom stereocenters. The summed E-state index contributed by atoms with van der Waals surface area (Å²) in [6.45, 7) is 0.691. The third-order valence-corrected chi connectivity index (χ3v) is 3.71. The molecule has 2 N–H and O–H groups in total. The number of hydrogen-bond acceptors (Lipinski definition) is 2. The average Bonchev–Trinajstić information content (AvgIpc) is 2.85. The Labute approximate surface area is 114 Å². The number of ether oxygens (including phenoxy) is 1. The molecule has 0 aliphatic heterocycles. The van der Waals surface area contributed by atoms with Crippen LogP contribution in [0.15, 0.2) is 48.5 Å². The van der Waals surface area contributed by atoms with Crippen molar-refractivity contribution in [3.05, 3.63) is 65.2 Å². The average molecular weight is 253 g/mol. The topological polar surface area (TPSA) is 35.2 Å². The van der Waals surface area contributed by atoms with Gasteiger partial charge in [0.1, 0.15) is 11.9 Å². The summed E-state index contributed by atoms with van der Waals surface area (Å²) >= 11 is 0. The fraction of sp³-hybridized carbons (Fsp3) is 0.294. The maximum atomic E-state index is 6.10. The van der Waals surface area contributed by atoms with Crippen molar-refractivity contribution >= 4 is 0 Å². The van der Waals surface area contributed by atoms with E-state index >= 15 is 0 Å². The highest BCUT2D eigenvalue weighted by Gasteiger charge is 2.23. The van der Waals surface area contributed by atoms with Gasteiger partial charge in [-0.3, -0.25) is 0 Å². The molecule has 0 heterocycles. The molecule has 0 fully saturated rings. The number of nitrogens with two attached hydrogens (primary N) is 1. The first-order valence-corrected chi connectivity index (χ1v) is 6.90. The Morgan fingerprint density at radius 1 is 1.05 bits per heavy atom. The Kier molecular flexibility index (Phi) is 3.51. The van der Waals surface area contributed by atoms with Crippen LogP contribution in [0.25, 0.3) is 0 Å². The molecule has 0 bridgehead atoms. The SMILES string of the molecule is NCCc1ccc(OC2CCc3ccccc32)cc1. The normalized spacial score (nSPS) is 17.2. The summed E-state index contributed by atoms with van der Waals surface area (Å²) in [6, 6.07) is 16.9. The number of fused-ring (bicyclic) bond motifs is 1. The Morgan fingerprint density at radius 2 is 1.84 bits per heavy atom. The minimum atomic E-state index is 0.205. The molecule has 19 heavy (non-hydrogen) atoms. The van der Waals surface area contributed by atoms with Crippen molar-refractivity contribution < 1.29 is 4.74 Å². The van der Waals surface area contributed by atoms with Crippen molar-refractivity contribution in [3.63, 3.8) is 0 Å². The van der Waals surface area contributed by atoms with Crippen LogP contribution in [-0.2, 0) is 12.8 Å². The van der Waals surface area contributed by atoms with Crippen LogP contribution in [-0.4, -0.2) is 6.54 Å². The van der Waals surface area contributed by atoms with Gasteiger partial charge in [0.05, 0.1) is 0 Å². The molecule has 1 aliphatic rings. The van der Waals surface area contributed by atoms with Crippen LogP contribution in [0, 0.1) is 0 Å². The van der Waals surface area contributed by atoms with Gasteiger partial charge in [-0.2, -0.15) is 0 Å². The number of hydrogen-bond donors (Lipinski definition) is 1. The predicted molar refractivity (Wildman–Crippen MR) is 77.3 cm³/mol. The first-order chi connectivity index (χ1) is 9.36. The van der Waals surface area contributed by atoms with E-state index in [-0.39, 0.29) is 6.10 Å². The molecular formula is C17H19NO. The lowest BCUT2D eigenvalue weighted by Gasteiger charge is -2.15. The molecule has 0 amide bonds. The van der Waals surface area contributed by atoms with Gasteiger partial charge in [-0.15, -0.1) is 0 Å². The second-order valence-electron chi connectivity index (χ2n) is 5.03. The molecular weight excluding hydrogens is 234 g/mol. The third kappa shape index (κ3) is 2.64. The van der Waals surface area contributed by atoms with E-state index in [2.05, 4.69) is 36.4 Å². The summed E-state index contributed by atoms with van der Waals surface area (Å²) < 4.78 is 6.10. The van der Waals surface area contributed by atoms with Crippen LogP contribution in [0.5, 0.6) is 5.75 Å². The van der Waals surface area contributed by atoms with Crippen LogP contribution >= 0.6 is 0 Å². The molecule has 98 valence electrons. The summed E-state index contributed by atoms with van der Waals surface area (Å²) in [5.41, 5.74) is 9.58. The molecule has 2 heteroatoms. The number of aryl methyl sites for hydroxylation is 1. The van der Waals surface area contributed by atoms with E-state index in [0.29, 0.717) is 6.54 Å². The van der Waals surface area contributed by atoms with E-state index in [0.717, 1.165) is 25.0 Å².